The van der Waals surface area contributed by atoms with E-state index >= 15 is 0 Å². The Bertz CT molecular complexity index is 1070. The topological polar surface area (TPSA) is 382 Å². The van der Waals surface area contributed by atoms with Crippen molar-refractivity contribution in [3.8, 4) is 0 Å². The highest BCUT2D eigenvalue weighted by molar-refractivity contribution is 5.74. The highest BCUT2D eigenvalue weighted by atomic mass is 16.6. The van der Waals surface area contributed by atoms with E-state index in [0.29, 0.717) is 0 Å². The lowest BCUT2D eigenvalue weighted by Gasteiger charge is -2.26. The van der Waals surface area contributed by atoms with E-state index in [2.05, 4.69) is 0 Å². The molecule has 3 aliphatic heterocycles. The molecular weight excluding hydrogens is 728 g/mol. The van der Waals surface area contributed by atoms with Crippen molar-refractivity contribution in [2.45, 2.75) is 124 Å². The maximum absolute atomic E-state index is 11.8. The molecule has 0 saturated carbocycles. The Morgan fingerprint density at radius 2 is 0.868 bits per heavy atom. The first-order valence-corrected chi connectivity index (χ1v) is 16.7. The van der Waals surface area contributed by atoms with E-state index in [-0.39, 0.29) is 26.4 Å². The quantitative estimate of drug-likeness (QED) is 0.0541. The molecule has 0 radical (unpaired) electrons. The molecule has 3 rings (SSSR count). The molecule has 3 heterocycles. The molecule has 23 heteroatoms. The Kier molecular flexibility index (Phi) is 20.2. The summed E-state index contributed by atoms with van der Waals surface area (Å²) in [6.07, 6.45) is -23.6. The third-order valence-corrected chi connectivity index (χ3v) is 8.52. The number of carbonyl (C=O) groups is 2. The zero-order chi connectivity index (χ0) is 40.2. The number of hydrogen-bond acceptors (Lipinski definition) is 23. The van der Waals surface area contributed by atoms with Gasteiger partial charge in [0.15, 0.2) is 12.2 Å². The number of rotatable bonds is 19. The van der Waals surface area contributed by atoms with Crippen LogP contribution in [0.4, 0.5) is 0 Å². The summed E-state index contributed by atoms with van der Waals surface area (Å²) in [4.78, 5) is 23.6. The number of aliphatic hydroxyl groups is 14. The highest BCUT2D eigenvalue weighted by Crippen LogP contribution is 2.20. The number of hydrogen-bond donors (Lipinski definition) is 14. The largest absolute Gasteiger partial charge is 0.461 e. The van der Waals surface area contributed by atoms with Crippen molar-refractivity contribution in [2.24, 2.45) is 0 Å². The van der Waals surface area contributed by atoms with Crippen LogP contribution in [0.3, 0.4) is 0 Å². The van der Waals surface area contributed by atoms with Gasteiger partial charge in [0.2, 0.25) is 0 Å². The Balaban J connectivity index is 0.000000367. The summed E-state index contributed by atoms with van der Waals surface area (Å²) < 4.78 is 34.9. The van der Waals surface area contributed by atoms with Crippen molar-refractivity contribution in [2.75, 3.05) is 52.9 Å². The normalized spacial score (nSPS) is 33.8. The van der Waals surface area contributed by atoms with Crippen LogP contribution in [-0.2, 0) is 42.7 Å². The zero-order valence-corrected chi connectivity index (χ0v) is 29.0. The summed E-state index contributed by atoms with van der Waals surface area (Å²) in [5, 5.41) is 133. The van der Waals surface area contributed by atoms with Crippen molar-refractivity contribution in [3.63, 3.8) is 0 Å². The van der Waals surface area contributed by atoms with Crippen LogP contribution in [0.5, 0.6) is 0 Å². The van der Waals surface area contributed by atoms with E-state index in [9.17, 15) is 76.0 Å². The van der Waals surface area contributed by atoms with E-state index in [1.54, 1.807) is 0 Å². The lowest BCUT2D eigenvalue weighted by molar-refractivity contribution is -0.169. The molecule has 53 heavy (non-hydrogen) atoms. The predicted molar refractivity (Wildman–Crippen MR) is 167 cm³/mol. The van der Waals surface area contributed by atoms with Crippen molar-refractivity contribution < 1.29 is 114 Å². The lowest BCUT2D eigenvalue weighted by Crippen LogP contribution is -2.47. The smallest absolute Gasteiger partial charge is 0.335 e. The van der Waals surface area contributed by atoms with Crippen molar-refractivity contribution in [3.05, 3.63) is 0 Å². The van der Waals surface area contributed by atoms with Crippen LogP contribution in [0.1, 0.15) is 13.8 Å². The first-order chi connectivity index (χ1) is 24.8. The molecule has 23 nitrogen and oxygen atoms in total. The first kappa shape index (κ1) is 47.3. The number of ether oxygens (including phenoxy) is 7. The SMILES string of the molecule is CC(OC[C@@H](O)C1OC[C@@H](O)[C@@H]1O)C(=O)OC[C@@H](O)[C@@H](O)[C@H](O)[C@@H](O)CO.CC(OC[C@@H](O)C1OC[C@@H](O)[C@@H]1O)C(=O)OC[C@H](O)C1OC[C@H](O)[C@H]1O. The Morgan fingerprint density at radius 3 is 1.19 bits per heavy atom. The minimum Gasteiger partial charge on any atom is -0.461 e. The van der Waals surface area contributed by atoms with Crippen molar-refractivity contribution >= 4 is 11.9 Å². The molecule has 18 atom stereocenters. The van der Waals surface area contributed by atoms with Gasteiger partial charge in [0.05, 0.1) is 39.6 Å². The fraction of sp³-hybridized carbons (Fsp3) is 0.933. The van der Waals surface area contributed by atoms with Crippen molar-refractivity contribution in [1.82, 2.24) is 0 Å². The predicted octanol–water partition coefficient (Wildman–Crippen LogP) is -9.25. The van der Waals surface area contributed by atoms with E-state index in [1.165, 1.54) is 13.8 Å². The summed E-state index contributed by atoms with van der Waals surface area (Å²) >= 11 is 0. The Hall–Kier alpha value is -1.82. The van der Waals surface area contributed by atoms with Crippen LogP contribution >= 0.6 is 0 Å². The van der Waals surface area contributed by atoms with Gasteiger partial charge in [-0.2, -0.15) is 0 Å². The van der Waals surface area contributed by atoms with Gasteiger partial charge in [-0.3, -0.25) is 0 Å². The molecule has 3 fully saturated rings. The maximum atomic E-state index is 11.8. The Morgan fingerprint density at radius 1 is 0.547 bits per heavy atom. The summed E-state index contributed by atoms with van der Waals surface area (Å²) in [6.45, 7) is -0.495. The van der Waals surface area contributed by atoms with Gasteiger partial charge in [-0.05, 0) is 13.8 Å². The second-order valence-corrected chi connectivity index (χ2v) is 12.8. The molecule has 5 unspecified atom stereocenters. The average Bonchev–Trinajstić information content (AvgIpc) is 3.79. The van der Waals surface area contributed by atoms with E-state index in [4.69, 9.17) is 38.3 Å². The summed E-state index contributed by atoms with van der Waals surface area (Å²) in [5.74, 6) is -1.77. The van der Waals surface area contributed by atoms with Gasteiger partial charge in [-0.25, -0.2) is 9.59 Å². The molecule has 312 valence electrons. The van der Waals surface area contributed by atoms with Crippen LogP contribution in [-0.4, -0.2) is 246 Å². The molecule has 3 aliphatic rings. The van der Waals surface area contributed by atoms with Crippen LogP contribution in [0.25, 0.3) is 0 Å². The fourth-order valence-corrected chi connectivity index (χ4v) is 5.03. The minimum absolute atomic E-state index is 0.109. The third kappa shape index (κ3) is 14.0. The van der Waals surface area contributed by atoms with Gasteiger partial charge in [0.1, 0.15) is 111 Å². The molecule has 0 aromatic carbocycles. The summed E-state index contributed by atoms with van der Waals surface area (Å²) in [5.41, 5.74) is 0. The maximum Gasteiger partial charge on any atom is 0.335 e. The first-order valence-electron chi connectivity index (χ1n) is 16.7. The van der Waals surface area contributed by atoms with Crippen molar-refractivity contribution in [1.29, 1.82) is 0 Å². The molecule has 0 aliphatic carbocycles. The minimum atomic E-state index is -1.87. The monoisotopic (exact) mass is 782 g/mol. The summed E-state index contributed by atoms with van der Waals surface area (Å²) in [6, 6.07) is 0. The van der Waals surface area contributed by atoms with Gasteiger partial charge in [0, 0.05) is 0 Å². The number of carbonyl (C=O) groups excluding carboxylic acids is 2. The van der Waals surface area contributed by atoms with E-state index in [0.717, 1.165) is 0 Å². The summed E-state index contributed by atoms with van der Waals surface area (Å²) in [7, 11) is 0. The van der Waals surface area contributed by atoms with Crippen LogP contribution < -0.4 is 0 Å². The van der Waals surface area contributed by atoms with Gasteiger partial charge in [0.25, 0.3) is 0 Å². The molecule has 0 aromatic heterocycles. The van der Waals surface area contributed by atoms with Crippen LogP contribution in [0.15, 0.2) is 0 Å². The van der Waals surface area contributed by atoms with Crippen LogP contribution in [0.2, 0.25) is 0 Å². The third-order valence-electron chi connectivity index (χ3n) is 8.52. The molecule has 0 aromatic rings. The number of esters is 2. The highest BCUT2D eigenvalue weighted by Gasteiger charge is 2.42. The standard InChI is InChI=1S/C15H28O12.C15H26O11/c1-6(25-5-10(20)14-13(23)9(19)3-26-14)15(24)27-4-8(18)12(22)11(21)7(17)2-16;1-6(23-4-9(18)13-11(20)7(16)2-24-13)15(22)26-5-10(19)14-12(21)8(17)3-25-14/h6-14,16-23H,2-5H2,1H3;6-14,16-21H,2-5H2,1H3/t6?,7-,8+,9+,10+,11+,12+,13-,14?;6?,7-,8+,9-,10+,11+,12-,13?,14?/m01/s1. The molecular formula is C30H54O23. The van der Waals surface area contributed by atoms with Gasteiger partial charge < -0.3 is 105 Å². The lowest BCUT2D eigenvalue weighted by atomic mass is 10.0. The zero-order valence-electron chi connectivity index (χ0n) is 29.0. The Labute approximate surface area is 303 Å². The molecule has 3 saturated heterocycles. The van der Waals surface area contributed by atoms with Crippen LogP contribution in [0, 0.1) is 0 Å². The fourth-order valence-electron chi connectivity index (χ4n) is 5.03. The van der Waals surface area contributed by atoms with E-state index in [1.807, 2.05) is 0 Å². The van der Waals surface area contributed by atoms with E-state index < -0.39 is 148 Å². The average molecular weight is 783 g/mol. The molecule has 14 N–H and O–H groups in total. The van der Waals surface area contributed by atoms with Gasteiger partial charge in [-0.15, -0.1) is 0 Å². The second-order valence-electron chi connectivity index (χ2n) is 12.8. The number of aliphatic hydroxyl groups excluding tert-OH is 14. The van der Waals surface area contributed by atoms with Gasteiger partial charge >= 0.3 is 11.9 Å². The van der Waals surface area contributed by atoms with Gasteiger partial charge in [-0.1, -0.05) is 0 Å². The second kappa shape index (κ2) is 22.7. The molecule has 0 amide bonds. The molecule has 0 bridgehead atoms. The molecule has 0 spiro atoms.